The first kappa shape index (κ1) is 10.5. The van der Waals surface area contributed by atoms with E-state index in [-0.39, 0.29) is 23.8 Å². The van der Waals surface area contributed by atoms with Crippen molar-refractivity contribution in [3.63, 3.8) is 0 Å². The number of hydrogen-bond donors (Lipinski definition) is 1. The fourth-order valence-electron chi connectivity index (χ4n) is 0.961. The first-order valence-electron chi connectivity index (χ1n) is 3.73. The molecule has 4 heteroatoms. The molecule has 1 aromatic carbocycles. The predicted molar refractivity (Wildman–Crippen MR) is 55.5 cm³/mol. The molecule has 0 saturated carbocycles. The molecule has 1 N–H and O–H groups in total. The average molecular weight is 264 g/mol. The van der Waals surface area contributed by atoms with Crippen LogP contribution in [0, 0.1) is 0 Å². The van der Waals surface area contributed by atoms with E-state index in [2.05, 4.69) is 15.9 Å². The molecule has 70 valence electrons. The van der Waals surface area contributed by atoms with Gasteiger partial charge in [-0.3, -0.25) is 4.79 Å². The Morgan fingerprint density at radius 2 is 2.23 bits per heavy atom. The van der Waals surface area contributed by atoms with E-state index < -0.39 is 0 Å². The minimum atomic E-state index is -0.139. The van der Waals surface area contributed by atoms with E-state index in [0.29, 0.717) is 5.56 Å². The van der Waals surface area contributed by atoms with Crippen molar-refractivity contribution < 1.29 is 9.90 Å². The van der Waals surface area contributed by atoms with Crippen LogP contribution >= 0.6 is 27.5 Å². The third kappa shape index (κ3) is 2.71. The lowest BCUT2D eigenvalue weighted by Crippen LogP contribution is -1.99. The molecule has 0 radical (unpaired) electrons. The van der Waals surface area contributed by atoms with Crippen LogP contribution in [-0.2, 0) is 0 Å². The Bertz CT molecular complexity index is 325. The van der Waals surface area contributed by atoms with Crippen LogP contribution in [0.25, 0.3) is 0 Å². The van der Waals surface area contributed by atoms with Gasteiger partial charge in [-0.05, 0) is 18.2 Å². The topological polar surface area (TPSA) is 37.3 Å². The van der Waals surface area contributed by atoms with Gasteiger partial charge < -0.3 is 5.11 Å². The summed E-state index contributed by atoms with van der Waals surface area (Å²) < 4.78 is 0.743. The van der Waals surface area contributed by atoms with E-state index in [4.69, 9.17) is 11.6 Å². The van der Waals surface area contributed by atoms with Crippen LogP contribution in [0.1, 0.15) is 16.8 Å². The van der Waals surface area contributed by atoms with Crippen molar-refractivity contribution in [3.8, 4) is 5.75 Å². The minimum Gasteiger partial charge on any atom is -0.507 e. The van der Waals surface area contributed by atoms with Crippen LogP contribution in [0.15, 0.2) is 22.7 Å². The summed E-state index contributed by atoms with van der Waals surface area (Å²) in [5.74, 6) is 0.124. The molecule has 2 nitrogen and oxygen atoms in total. The number of phenolic OH excluding ortho intramolecular Hbond substituents is 1. The molecule has 0 amide bonds. The van der Waals surface area contributed by atoms with E-state index in [1.54, 1.807) is 12.1 Å². The zero-order valence-corrected chi connectivity index (χ0v) is 9.10. The summed E-state index contributed by atoms with van der Waals surface area (Å²) in [6.45, 7) is 0. The van der Waals surface area contributed by atoms with Crippen LogP contribution in [0.3, 0.4) is 0 Å². The Hall–Kier alpha value is -0.540. The summed E-state index contributed by atoms with van der Waals surface area (Å²) in [5.41, 5.74) is 0.323. The molecule has 0 unspecified atom stereocenters. The minimum absolute atomic E-state index is 0.00973. The van der Waals surface area contributed by atoms with Crippen molar-refractivity contribution in [3.05, 3.63) is 28.2 Å². The Kier molecular flexibility index (Phi) is 3.75. The summed E-state index contributed by atoms with van der Waals surface area (Å²) in [5, 5.41) is 9.39. The van der Waals surface area contributed by atoms with Gasteiger partial charge in [-0.15, -0.1) is 11.6 Å². The smallest absolute Gasteiger partial charge is 0.167 e. The summed E-state index contributed by atoms with van der Waals surface area (Å²) >= 11 is 8.61. The molecule has 0 bridgehead atoms. The lowest BCUT2D eigenvalue weighted by Gasteiger charge is -2.02. The van der Waals surface area contributed by atoms with Gasteiger partial charge in [-0.2, -0.15) is 0 Å². The normalized spacial score (nSPS) is 10.0. The summed E-state index contributed by atoms with van der Waals surface area (Å²) in [7, 11) is 0. The third-order valence-electron chi connectivity index (χ3n) is 1.58. The van der Waals surface area contributed by atoms with E-state index in [0.717, 1.165) is 4.47 Å². The molecule has 0 atom stereocenters. The maximum atomic E-state index is 11.3. The average Bonchev–Trinajstić information content (AvgIpc) is 2.04. The Morgan fingerprint density at radius 1 is 1.54 bits per heavy atom. The number of hydrogen-bond acceptors (Lipinski definition) is 2. The van der Waals surface area contributed by atoms with Gasteiger partial charge in [0.1, 0.15) is 5.75 Å². The van der Waals surface area contributed by atoms with Crippen LogP contribution in [0.5, 0.6) is 5.75 Å². The second-order valence-electron chi connectivity index (χ2n) is 2.52. The van der Waals surface area contributed by atoms with Gasteiger partial charge in [0.25, 0.3) is 0 Å². The van der Waals surface area contributed by atoms with Crippen molar-refractivity contribution in [1.29, 1.82) is 0 Å². The highest BCUT2D eigenvalue weighted by molar-refractivity contribution is 9.10. The van der Waals surface area contributed by atoms with E-state index in [1.165, 1.54) is 6.07 Å². The SMILES string of the molecule is O=C(CCCl)c1ccc(Br)cc1O. The zero-order chi connectivity index (χ0) is 9.84. The lowest BCUT2D eigenvalue weighted by atomic mass is 10.1. The second kappa shape index (κ2) is 4.63. The number of ketones is 1. The molecule has 0 aliphatic carbocycles. The standard InChI is InChI=1S/C9H8BrClO2/c10-6-1-2-7(9(13)5-6)8(12)3-4-11/h1-2,5,13H,3-4H2. The molecule has 0 aromatic heterocycles. The van der Waals surface area contributed by atoms with Gasteiger partial charge in [0.2, 0.25) is 0 Å². The van der Waals surface area contributed by atoms with Gasteiger partial charge in [0.05, 0.1) is 5.56 Å². The van der Waals surface area contributed by atoms with Gasteiger partial charge in [0.15, 0.2) is 5.78 Å². The van der Waals surface area contributed by atoms with Crippen molar-refractivity contribution in [1.82, 2.24) is 0 Å². The van der Waals surface area contributed by atoms with Crippen molar-refractivity contribution in [2.75, 3.05) is 5.88 Å². The van der Waals surface area contributed by atoms with Gasteiger partial charge in [-0.1, -0.05) is 15.9 Å². The molecule has 0 aliphatic heterocycles. The molecule has 0 saturated heterocycles. The largest absolute Gasteiger partial charge is 0.507 e. The first-order chi connectivity index (χ1) is 6.15. The highest BCUT2D eigenvalue weighted by Crippen LogP contribution is 2.23. The summed E-state index contributed by atoms with van der Waals surface area (Å²) in [6, 6.07) is 4.77. The fraction of sp³-hybridized carbons (Fsp3) is 0.222. The Morgan fingerprint density at radius 3 is 2.77 bits per heavy atom. The number of halogens is 2. The first-order valence-corrected chi connectivity index (χ1v) is 5.05. The highest BCUT2D eigenvalue weighted by Gasteiger charge is 2.09. The predicted octanol–water partition coefficient (Wildman–Crippen LogP) is 2.97. The zero-order valence-electron chi connectivity index (χ0n) is 6.76. The van der Waals surface area contributed by atoms with Gasteiger partial charge in [0, 0.05) is 16.8 Å². The quantitative estimate of drug-likeness (QED) is 0.672. The number of rotatable bonds is 3. The molecule has 0 spiro atoms. The van der Waals surface area contributed by atoms with Crippen LogP contribution in [-0.4, -0.2) is 16.8 Å². The van der Waals surface area contributed by atoms with Crippen molar-refractivity contribution in [2.45, 2.75) is 6.42 Å². The van der Waals surface area contributed by atoms with E-state index in [9.17, 15) is 9.90 Å². The number of carbonyl (C=O) groups excluding carboxylic acids is 1. The number of carbonyl (C=O) groups is 1. The molecule has 13 heavy (non-hydrogen) atoms. The van der Waals surface area contributed by atoms with Crippen molar-refractivity contribution >= 4 is 33.3 Å². The molecular weight excluding hydrogens is 255 g/mol. The van der Waals surface area contributed by atoms with Crippen LogP contribution in [0.4, 0.5) is 0 Å². The van der Waals surface area contributed by atoms with E-state index in [1.807, 2.05) is 0 Å². The summed E-state index contributed by atoms with van der Waals surface area (Å²) in [6.07, 6.45) is 0.247. The maximum Gasteiger partial charge on any atom is 0.167 e. The molecule has 0 fully saturated rings. The molecule has 0 aliphatic rings. The monoisotopic (exact) mass is 262 g/mol. The Balaban J connectivity index is 2.95. The molecular formula is C9H8BrClO2. The fourth-order valence-corrected chi connectivity index (χ4v) is 1.48. The number of benzene rings is 1. The molecule has 1 aromatic rings. The number of alkyl halides is 1. The van der Waals surface area contributed by atoms with Gasteiger partial charge in [-0.25, -0.2) is 0 Å². The number of aromatic hydroxyl groups is 1. The van der Waals surface area contributed by atoms with E-state index >= 15 is 0 Å². The highest BCUT2D eigenvalue weighted by atomic mass is 79.9. The number of Topliss-reactive ketones (excluding diaryl/α,β-unsaturated/α-hetero) is 1. The summed E-state index contributed by atoms with van der Waals surface area (Å²) in [4.78, 5) is 11.3. The maximum absolute atomic E-state index is 11.3. The van der Waals surface area contributed by atoms with Crippen LogP contribution < -0.4 is 0 Å². The number of phenols is 1. The molecule has 0 heterocycles. The van der Waals surface area contributed by atoms with Gasteiger partial charge >= 0.3 is 0 Å². The third-order valence-corrected chi connectivity index (χ3v) is 2.26. The second-order valence-corrected chi connectivity index (χ2v) is 3.82. The molecule has 1 rings (SSSR count). The van der Waals surface area contributed by atoms with Crippen molar-refractivity contribution in [2.24, 2.45) is 0 Å². The Labute approximate surface area is 89.7 Å². The lowest BCUT2D eigenvalue weighted by molar-refractivity contribution is 0.0986. The van der Waals surface area contributed by atoms with Crippen LogP contribution in [0.2, 0.25) is 0 Å².